The van der Waals surface area contributed by atoms with Crippen molar-refractivity contribution in [3.05, 3.63) is 54.2 Å². The first-order valence-corrected chi connectivity index (χ1v) is 9.33. The van der Waals surface area contributed by atoms with Gasteiger partial charge in [0, 0.05) is 11.9 Å². The number of fused-ring (bicyclic) bond motifs is 1. The zero-order valence-corrected chi connectivity index (χ0v) is 15.5. The summed E-state index contributed by atoms with van der Waals surface area (Å²) in [7, 11) is 0. The van der Waals surface area contributed by atoms with Gasteiger partial charge in [-0.25, -0.2) is 0 Å². The molecule has 1 aromatic carbocycles. The second kappa shape index (κ2) is 7.70. The zero-order valence-electron chi connectivity index (χ0n) is 14.6. The second-order valence-corrected chi connectivity index (χ2v) is 7.40. The third-order valence-electron chi connectivity index (χ3n) is 4.29. The smallest absolute Gasteiger partial charge is 0.237 e. The second-order valence-electron chi connectivity index (χ2n) is 6.09. The summed E-state index contributed by atoms with van der Waals surface area (Å²) in [4.78, 5) is 12.5. The minimum Gasteiger partial charge on any atom is -0.325 e. The zero-order chi connectivity index (χ0) is 17.8. The molecule has 0 aliphatic rings. The number of pyridine rings is 1. The van der Waals surface area contributed by atoms with Crippen molar-refractivity contribution in [2.75, 3.05) is 5.32 Å². The summed E-state index contributed by atoms with van der Waals surface area (Å²) < 4.78 is 1.88. The van der Waals surface area contributed by atoms with E-state index in [0.717, 1.165) is 17.8 Å². The summed E-state index contributed by atoms with van der Waals surface area (Å²) in [6.07, 6.45) is 3.00. The molecule has 0 bridgehead atoms. The van der Waals surface area contributed by atoms with Crippen molar-refractivity contribution >= 4 is 29.0 Å². The van der Waals surface area contributed by atoms with E-state index >= 15 is 0 Å². The van der Waals surface area contributed by atoms with E-state index in [1.807, 2.05) is 47.9 Å². The van der Waals surface area contributed by atoms with E-state index in [-0.39, 0.29) is 11.2 Å². The molecule has 3 rings (SSSR count). The number of hydrogen-bond acceptors (Lipinski definition) is 4. The van der Waals surface area contributed by atoms with Crippen LogP contribution in [0.2, 0.25) is 0 Å². The minimum atomic E-state index is -0.276. The number of thioether (sulfide) groups is 1. The molecule has 3 aromatic rings. The Balaban J connectivity index is 1.64. The number of nitrogens with zero attached hydrogens (tertiary/aromatic N) is 3. The van der Waals surface area contributed by atoms with Gasteiger partial charge in [-0.3, -0.25) is 9.20 Å². The van der Waals surface area contributed by atoms with Crippen molar-refractivity contribution in [1.82, 2.24) is 14.6 Å². The van der Waals surface area contributed by atoms with Crippen LogP contribution in [0.15, 0.2) is 53.8 Å². The molecule has 2 atom stereocenters. The molecular weight excluding hydrogens is 332 g/mol. The molecule has 5 nitrogen and oxygen atoms in total. The van der Waals surface area contributed by atoms with Crippen LogP contribution in [0.1, 0.15) is 38.7 Å². The topological polar surface area (TPSA) is 59.3 Å². The molecule has 6 heteroatoms. The normalized spacial score (nSPS) is 13.6. The van der Waals surface area contributed by atoms with Gasteiger partial charge in [-0.2, -0.15) is 0 Å². The highest BCUT2D eigenvalue weighted by atomic mass is 32.2. The number of benzene rings is 1. The summed E-state index contributed by atoms with van der Waals surface area (Å²) in [6, 6.07) is 13.8. The number of nitrogens with one attached hydrogen (secondary N) is 1. The number of hydrogen-bond donors (Lipinski definition) is 1. The monoisotopic (exact) mass is 354 g/mol. The van der Waals surface area contributed by atoms with Crippen LogP contribution >= 0.6 is 11.8 Å². The van der Waals surface area contributed by atoms with E-state index in [1.165, 1.54) is 17.3 Å². The van der Waals surface area contributed by atoms with Crippen molar-refractivity contribution in [2.24, 2.45) is 0 Å². The Bertz CT molecular complexity index is 859. The summed E-state index contributed by atoms with van der Waals surface area (Å²) in [6.45, 7) is 6.25. The molecule has 1 amide bonds. The van der Waals surface area contributed by atoms with Crippen LogP contribution in [0.4, 0.5) is 5.69 Å². The fraction of sp³-hybridized carbons (Fsp3) is 0.316. The number of carbonyl (C=O) groups excluding carboxylic acids is 1. The fourth-order valence-electron chi connectivity index (χ4n) is 2.49. The van der Waals surface area contributed by atoms with E-state index in [9.17, 15) is 4.79 Å². The first kappa shape index (κ1) is 17.5. The van der Waals surface area contributed by atoms with Gasteiger partial charge in [0.05, 0.1) is 5.25 Å². The molecule has 2 aromatic heterocycles. The first-order chi connectivity index (χ1) is 12.1. The largest absolute Gasteiger partial charge is 0.325 e. The fourth-order valence-corrected chi connectivity index (χ4v) is 3.32. The van der Waals surface area contributed by atoms with Crippen LogP contribution in [0.3, 0.4) is 0 Å². The maximum atomic E-state index is 12.5. The third-order valence-corrected chi connectivity index (χ3v) is 5.35. The maximum Gasteiger partial charge on any atom is 0.237 e. The number of rotatable bonds is 6. The highest BCUT2D eigenvalue weighted by Gasteiger charge is 2.18. The van der Waals surface area contributed by atoms with Crippen LogP contribution in [0.5, 0.6) is 0 Å². The van der Waals surface area contributed by atoms with E-state index in [0.29, 0.717) is 11.1 Å². The molecule has 0 aliphatic heterocycles. The Labute approximate surface area is 151 Å². The van der Waals surface area contributed by atoms with Crippen LogP contribution < -0.4 is 5.32 Å². The molecular formula is C19H22N4OS. The van der Waals surface area contributed by atoms with Gasteiger partial charge in [0.1, 0.15) is 0 Å². The highest BCUT2D eigenvalue weighted by molar-refractivity contribution is 8.00. The molecule has 0 saturated carbocycles. The van der Waals surface area contributed by atoms with Crippen LogP contribution in [0.25, 0.3) is 5.65 Å². The Kier molecular flexibility index (Phi) is 5.38. The molecule has 2 heterocycles. The number of anilines is 1. The number of aromatic nitrogens is 3. The van der Waals surface area contributed by atoms with Gasteiger partial charge in [0.2, 0.25) is 5.91 Å². The lowest BCUT2D eigenvalue weighted by Crippen LogP contribution is -2.22. The molecule has 0 unspecified atom stereocenters. The van der Waals surface area contributed by atoms with Gasteiger partial charge in [0.15, 0.2) is 10.8 Å². The molecule has 130 valence electrons. The lowest BCUT2D eigenvalue weighted by Gasteiger charge is -2.13. The summed E-state index contributed by atoms with van der Waals surface area (Å²) in [5.74, 6) is 0.481. The van der Waals surface area contributed by atoms with Crippen LogP contribution in [-0.4, -0.2) is 25.8 Å². The maximum absolute atomic E-state index is 12.5. The lowest BCUT2D eigenvalue weighted by molar-refractivity contribution is -0.115. The van der Waals surface area contributed by atoms with E-state index in [2.05, 4.69) is 41.5 Å². The number of carbonyl (C=O) groups is 1. The molecule has 0 spiro atoms. The SMILES string of the molecule is CC[C@H](C)c1ccc(NC(=O)[C@H](C)Sc2nnc3ccccn23)cc1. The Morgan fingerprint density at radius 3 is 2.64 bits per heavy atom. The third kappa shape index (κ3) is 4.02. The van der Waals surface area contributed by atoms with E-state index in [1.54, 1.807) is 0 Å². The number of amides is 1. The minimum absolute atomic E-state index is 0.0472. The van der Waals surface area contributed by atoms with Crippen molar-refractivity contribution in [3.63, 3.8) is 0 Å². The van der Waals surface area contributed by atoms with E-state index in [4.69, 9.17) is 0 Å². The quantitative estimate of drug-likeness (QED) is 0.668. The standard InChI is InChI=1S/C19H22N4OS/c1-4-13(2)15-8-10-16(11-9-15)20-18(24)14(3)25-19-22-21-17-7-5-6-12-23(17)19/h5-14H,4H2,1-3H3,(H,20,24)/t13-,14-/m0/s1. The highest BCUT2D eigenvalue weighted by Crippen LogP contribution is 2.24. The molecule has 0 saturated heterocycles. The van der Waals surface area contributed by atoms with Gasteiger partial charge in [0.25, 0.3) is 0 Å². The van der Waals surface area contributed by atoms with Gasteiger partial charge in [-0.05, 0) is 49.1 Å². The van der Waals surface area contributed by atoms with Crippen molar-refractivity contribution < 1.29 is 4.79 Å². The Morgan fingerprint density at radius 2 is 1.92 bits per heavy atom. The Morgan fingerprint density at radius 1 is 1.16 bits per heavy atom. The van der Waals surface area contributed by atoms with Crippen molar-refractivity contribution in [1.29, 1.82) is 0 Å². The summed E-state index contributed by atoms with van der Waals surface area (Å²) >= 11 is 1.40. The lowest BCUT2D eigenvalue weighted by atomic mass is 9.99. The molecule has 0 radical (unpaired) electrons. The van der Waals surface area contributed by atoms with Gasteiger partial charge in [-0.1, -0.05) is 43.8 Å². The van der Waals surface area contributed by atoms with Crippen LogP contribution in [0, 0.1) is 0 Å². The van der Waals surface area contributed by atoms with Gasteiger partial charge >= 0.3 is 0 Å². The summed E-state index contributed by atoms with van der Waals surface area (Å²) in [5, 5.41) is 11.7. The molecule has 0 fully saturated rings. The molecule has 1 N–H and O–H groups in total. The average Bonchev–Trinajstić information content (AvgIpc) is 3.04. The predicted octanol–water partition coefficient (Wildman–Crippen LogP) is 4.36. The van der Waals surface area contributed by atoms with Crippen molar-refractivity contribution in [3.8, 4) is 0 Å². The van der Waals surface area contributed by atoms with Gasteiger partial charge < -0.3 is 5.32 Å². The molecule has 0 aliphatic carbocycles. The first-order valence-electron chi connectivity index (χ1n) is 8.45. The molecule has 25 heavy (non-hydrogen) atoms. The van der Waals surface area contributed by atoms with E-state index < -0.39 is 0 Å². The van der Waals surface area contributed by atoms with Crippen LogP contribution in [-0.2, 0) is 4.79 Å². The average molecular weight is 354 g/mol. The van der Waals surface area contributed by atoms with Crippen molar-refractivity contribution in [2.45, 2.75) is 43.5 Å². The summed E-state index contributed by atoms with van der Waals surface area (Å²) in [5.41, 5.74) is 2.88. The van der Waals surface area contributed by atoms with Gasteiger partial charge in [-0.15, -0.1) is 10.2 Å². The predicted molar refractivity (Wildman–Crippen MR) is 102 cm³/mol. The Hall–Kier alpha value is -2.34.